The van der Waals surface area contributed by atoms with E-state index in [-0.39, 0.29) is 22.9 Å². The third kappa shape index (κ3) is 2.65. The van der Waals surface area contributed by atoms with Gasteiger partial charge in [0.25, 0.3) is 0 Å². The van der Waals surface area contributed by atoms with Gasteiger partial charge >= 0.3 is 11.7 Å². The van der Waals surface area contributed by atoms with Crippen molar-refractivity contribution in [2.45, 2.75) is 6.92 Å². The second kappa shape index (κ2) is 5.49. The highest BCUT2D eigenvalue weighted by Crippen LogP contribution is 2.37. The van der Waals surface area contributed by atoms with E-state index in [9.17, 15) is 14.9 Å². The molecule has 0 saturated heterocycles. The van der Waals surface area contributed by atoms with E-state index < -0.39 is 16.6 Å². The summed E-state index contributed by atoms with van der Waals surface area (Å²) >= 11 is 5.68. The Kier molecular flexibility index (Phi) is 4.28. The van der Waals surface area contributed by atoms with E-state index in [1.165, 1.54) is 19.2 Å². The molecule has 1 aromatic rings. The zero-order valence-corrected chi connectivity index (χ0v) is 9.98. The van der Waals surface area contributed by atoms with Gasteiger partial charge in [-0.3, -0.25) is 10.1 Å². The van der Waals surface area contributed by atoms with E-state index in [0.717, 1.165) is 0 Å². The van der Waals surface area contributed by atoms with Gasteiger partial charge in [-0.1, -0.05) is 11.6 Å². The average molecular weight is 260 g/mol. The van der Waals surface area contributed by atoms with Crippen LogP contribution in [0.1, 0.15) is 17.3 Å². The minimum atomic E-state index is -0.704. The summed E-state index contributed by atoms with van der Waals surface area (Å²) in [5.41, 5.74) is -0.467. The van der Waals surface area contributed by atoms with Crippen molar-refractivity contribution < 1.29 is 19.2 Å². The molecule has 0 atom stereocenters. The lowest BCUT2D eigenvalue weighted by molar-refractivity contribution is -0.385. The predicted octanol–water partition coefficient (Wildman–Crippen LogP) is 2.43. The fourth-order valence-corrected chi connectivity index (χ4v) is 1.51. The van der Waals surface area contributed by atoms with Gasteiger partial charge in [0, 0.05) is 0 Å². The molecule has 0 unspecified atom stereocenters. The van der Waals surface area contributed by atoms with Gasteiger partial charge in [-0.05, 0) is 19.1 Å². The SMILES string of the molecule is CCOC(=O)c1ccc(Cl)c([N+](=O)[O-])c1OC. The number of methoxy groups -OCH3 is 1. The molecule has 17 heavy (non-hydrogen) atoms. The monoisotopic (exact) mass is 259 g/mol. The van der Waals surface area contributed by atoms with Gasteiger partial charge in [-0.25, -0.2) is 4.79 Å². The van der Waals surface area contributed by atoms with E-state index in [2.05, 4.69) is 0 Å². The molecule has 1 aromatic carbocycles. The van der Waals surface area contributed by atoms with Crippen LogP contribution in [0.2, 0.25) is 5.02 Å². The Morgan fingerprint density at radius 3 is 2.65 bits per heavy atom. The van der Waals surface area contributed by atoms with Crippen molar-refractivity contribution in [1.29, 1.82) is 0 Å². The molecule has 0 N–H and O–H groups in total. The fraction of sp³-hybridized carbons (Fsp3) is 0.300. The summed E-state index contributed by atoms with van der Waals surface area (Å²) in [5.74, 6) is -0.884. The minimum absolute atomic E-state index is 0.0227. The molecule has 1 rings (SSSR count). The van der Waals surface area contributed by atoms with Gasteiger partial charge in [0.2, 0.25) is 5.75 Å². The normalized spacial score (nSPS) is 9.82. The van der Waals surface area contributed by atoms with Gasteiger partial charge in [0.1, 0.15) is 10.6 Å². The smallest absolute Gasteiger partial charge is 0.342 e. The summed E-state index contributed by atoms with van der Waals surface area (Å²) < 4.78 is 9.62. The highest BCUT2D eigenvalue weighted by molar-refractivity contribution is 6.33. The molecule has 0 saturated carbocycles. The number of nitro benzene ring substituents is 1. The van der Waals surface area contributed by atoms with Crippen LogP contribution in [0.4, 0.5) is 5.69 Å². The first kappa shape index (κ1) is 13.2. The molecule has 0 fully saturated rings. The van der Waals surface area contributed by atoms with Gasteiger partial charge in [-0.2, -0.15) is 0 Å². The Labute approximate surface area is 102 Å². The Bertz CT molecular complexity index is 460. The summed E-state index contributed by atoms with van der Waals surface area (Å²) in [5, 5.41) is 10.7. The first-order chi connectivity index (χ1) is 8.02. The summed E-state index contributed by atoms with van der Waals surface area (Å²) in [6.45, 7) is 1.80. The first-order valence-corrected chi connectivity index (χ1v) is 5.08. The summed E-state index contributed by atoms with van der Waals surface area (Å²) in [4.78, 5) is 21.7. The Morgan fingerprint density at radius 2 is 2.18 bits per heavy atom. The third-order valence-corrected chi connectivity index (χ3v) is 2.27. The van der Waals surface area contributed by atoms with Crippen LogP contribution in [0.3, 0.4) is 0 Å². The van der Waals surface area contributed by atoms with Crippen molar-refractivity contribution in [1.82, 2.24) is 0 Å². The molecule has 0 bridgehead atoms. The molecule has 0 amide bonds. The van der Waals surface area contributed by atoms with Crippen molar-refractivity contribution in [3.8, 4) is 5.75 Å². The van der Waals surface area contributed by atoms with Crippen LogP contribution in [-0.4, -0.2) is 24.6 Å². The lowest BCUT2D eigenvalue weighted by atomic mass is 10.1. The largest absolute Gasteiger partial charge is 0.489 e. The second-order valence-corrected chi connectivity index (χ2v) is 3.36. The van der Waals surface area contributed by atoms with Crippen LogP contribution in [0.5, 0.6) is 5.75 Å². The number of nitro groups is 1. The van der Waals surface area contributed by atoms with Crippen LogP contribution in [0.15, 0.2) is 12.1 Å². The molecule has 0 aliphatic heterocycles. The second-order valence-electron chi connectivity index (χ2n) is 2.95. The quantitative estimate of drug-likeness (QED) is 0.471. The van der Waals surface area contributed by atoms with Gasteiger partial charge in [0.15, 0.2) is 0 Å². The van der Waals surface area contributed by atoms with Crippen molar-refractivity contribution in [3.63, 3.8) is 0 Å². The number of carbonyl (C=O) groups is 1. The van der Waals surface area contributed by atoms with Gasteiger partial charge in [-0.15, -0.1) is 0 Å². The maximum absolute atomic E-state index is 11.5. The van der Waals surface area contributed by atoms with Gasteiger partial charge < -0.3 is 9.47 Å². The summed E-state index contributed by atoms with van der Waals surface area (Å²) in [6.07, 6.45) is 0. The van der Waals surface area contributed by atoms with Crippen LogP contribution >= 0.6 is 11.6 Å². The third-order valence-electron chi connectivity index (χ3n) is 1.96. The van der Waals surface area contributed by atoms with Crippen LogP contribution in [0, 0.1) is 10.1 Å². The topological polar surface area (TPSA) is 78.7 Å². The molecular weight excluding hydrogens is 250 g/mol. The molecular formula is C10H10ClNO5. The Hall–Kier alpha value is -1.82. The van der Waals surface area contributed by atoms with E-state index >= 15 is 0 Å². The predicted molar refractivity (Wildman–Crippen MR) is 60.6 cm³/mol. The molecule has 0 aromatic heterocycles. The molecule has 7 heteroatoms. The number of benzene rings is 1. The molecule has 0 aliphatic carbocycles. The number of nitrogens with zero attached hydrogens (tertiary/aromatic N) is 1. The minimum Gasteiger partial charge on any atom is -0.489 e. The van der Waals surface area contributed by atoms with Crippen LogP contribution in [-0.2, 0) is 4.74 Å². The number of carbonyl (C=O) groups excluding carboxylic acids is 1. The van der Waals surface area contributed by atoms with Crippen molar-refractivity contribution >= 4 is 23.3 Å². The lowest BCUT2D eigenvalue weighted by Gasteiger charge is -2.08. The number of halogens is 1. The number of esters is 1. The first-order valence-electron chi connectivity index (χ1n) is 4.70. The van der Waals surface area contributed by atoms with Crippen LogP contribution in [0.25, 0.3) is 0 Å². The lowest BCUT2D eigenvalue weighted by Crippen LogP contribution is -2.08. The Balaban J connectivity index is 3.38. The van der Waals surface area contributed by atoms with E-state index in [1.54, 1.807) is 6.92 Å². The number of rotatable bonds is 4. The highest BCUT2D eigenvalue weighted by Gasteiger charge is 2.27. The average Bonchev–Trinajstić information content (AvgIpc) is 2.27. The van der Waals surface area contributed by atoms with Gasteiger partial charge in [0.05, 0.1) is 18.6 Å². The van der Waals surface area contributed by atoms with E-state index in [0.29, 0.717) is 0 Å². The molecule has 0 radical (unpaired) electrons. The zero-order chi connectivity index (χ0) is 13.0. The molecule has 0 aliphatic rings. The number of hydrogen-bond donors (Lipinski definition) is 0. The highest BCUT2D eigenvalue weighted by atomic mass is 35.5. The van der Waals surface area contributed by atoms with Crippen molar-refractivity contribution in [3.05, 3.63) is 32.8 Å². The van der Waals surface area contributed by atoms with Crippen LogP contribution < -0.4 is 4.74 Å². The number of hydrogen-bond acceptors (Lipinski definition) is 5. The maximum Gasteiger partial charge on any atom is 0.342 e. The molecule has 92 valence electrons. The van der Waals surface area contributed by atoms with Crippen molar-refractivity contribution in [2.24, 2.45) is 0 Å². The zero-order valence-electron chi connectivity index (χ0n) is 9.23. The standard InChI is InChI=1S/C10H10ClNO5/c1-3-17-10(13)6-4-5-7(11)8(12(14)15)9(6)16-2/h4-5H,3H2,1-2H3. The van der Waals surface area contributed by atoms with Crippen molar-refractivity contribution in [2.75, 3.05) is 13.7 Å². The number of ether oxygens (including phenoxy) is 2. The molecule has 0 heterocycles. The molecule has 0 spiro atoms. The summed E-state index contributed by atoms with van der Waals surface area (Å²) in [6, 6.07) is 2.58. The summed E-state index contributed by atoms with van der Waals surface area (Å²) in [7, 11) is 1.22. The fourth-order valence-electron chi connectivity index (χ4n) is 1.29. The van der Waals surface area contributed by atoms with E-state index in [1.807, 2.05) is 0 Å². The Morgan fingerprint density at radius 1 is 1.53 bits per heavy atom. The van der Waals surface area contributed by atoms with E-state index in [4.69, 9.17) is 21.1 Å². The maximum atomic E-state index is 11.5. The molecule has 6 nitrogen and oxygen atoms in total.